The van der Waals surface area contributed by atoms with Gasteiger partial charge in [0.15, 0.2) is 0 Å². The van der Waals surface area contributed by atoms with Gasteiger partial charge in [0, 0.05) is 5.60 Å². The van der Waals surface area contributed by atoms with E-state index in [1.54, 1.807) is 0 Å². The Hall–Kier alpha value is 0.0249. The molecule has 1 nitrogen and oxygen atoms in total. The summed E-state index contributed by atoms with van der Waals surface area (Å²) < 4.78 is 5.76. The van der Waals surface area contributed by atoms with Crippen molar-refractivity contribution in [2.45, 2.75) is 59.4 Å². The molecule has 0 aromatic heterocycles. The molecule has 0 atom stereocenters. The van der Waals surface area contributed by atoms with Crippen LogP contribution >= 0.6 is 0 Å². The summed E-state index contributed by atoms with van der Waals surface area (Å²) in [7, 11) is 0.841. The highest BCUT2D eigenvalue weighted by atomic mass is 16.5. The van der Waals surface area contributed by atoms with Crippen LogP contribution in [0.4, 0.5) is 0 Å². The molecule has 0 heterocycles. The zero-order valence-corrected chi connectivity index (χ0v) is 9.69. The fourth-order valence-corrected chi connectivity index (χ4v) is 0.569. The third-order valence-electron chi connectivity index (χ3n) is 2.44. The Labute approximate surface area is 78.2 Å². The van der Waals surface area contributed by atoms with Crippen LogP contribution in [0.2, 0.25) is 5.31 Å². The van der Waals surface area contributed by atoms with Crippen LogP contribution in [0, 0.1) is 5.92 Å². The van der Waals surface area contributed by atoms with Gasteiger partial charge in [-0.1, -0.05) is 27.7 Å². The lowest BCUT2D eigenvalue weighted by Gasteiger charge is -2.31. The van der Waals surface area contributed by atoms with Gasteiger partial charge in [-0.25, -0.2) is 0 Å². The summed E-state index contributed by atoms with van der Waals surface area (Å²) in [4.78, 5) is 0. The Balaban J connectivity index is 3.93. The monoisotopic (exact) mass is 170 g/mol. The van der Waals surface area contributed by atoms with Crippen molar-refractivity contribution < 1.29 is 4.65 Å². The van der Waals surface area contributed by atoms with Gasteiger partial charge in [0.1, 0.15) is 0 Å². The smallest absolute Gasteiger partial charge is 0.281 e. The summed E-state index contributed by atoms with van der Waals surface area (Å²) in [6.07, 6.45) is 0. The Morgan fingerprint density at radius 2 is 1.42 bits per heavy atom. The molecule has 0 aliphatic rings. The minimum atomic E-state index is -0.00778. The van der Waals surface area contributed by atoms with E-state index in [-0.39, 0.29) is 10.9 Å². The third-order valence-corrected chi connectivity index (χ3v) is 2.44. The first-order chi connectivity index (χ1) is 5.15. The van der Waals surface area contributed by atoms with Crippen LogP contribution in [0.15, 0.2) is 0 Å². The molecule has 0 radical (unpaired) electrons. The second-order valence-electron chi connectivity index (χ2n) is 5.54. The molecule has 0 rings (SSSR count). The molecule has 2 heteroatoms. The molecule has 0 fully saturated rings. The summed E-state index contributed by atoms with van der Waals surface area (Å²) in [5, 5.41) is 0.285. The van der Waals surface area contributed by atoms with Crippen molar-refractivity contribution in [3.8, 4) is 0 Å². The molecule has 0 saturated carbocycles. The van der Waals surface area contributed by atoms with E-state index < -0.39 is 0 Å². The maximum atomic E-state index is 5.76. The summed E-state index contributed by atoms with van der Waals surface area (Å²) in [6, 6.07) is 0. The van der Waals surface area contributed by atoms with E-state index in [4.69, 9.17) is 4.65 Å². The first-order valence-corrected chi connectivity index (χ1v) is 4.79. The lowest BCUT2D eigenvalue weighted by Crippen LogP contribution is -2.30. The summed E-state index contributed by atoms with van der Waals surface area (Å²) in [5.41, 5.74) is -0.00778. The summed E-state index contributed by atoms with van der Waals surface area (Å²) in [6.45, 7) is 15.3. The molecular formula is C10H23BO. The maximum absolute atomic E-state index is 5.76. The fourth-order valence-electron chi connectivity index (χ4n) is 0.569. The molecule has 72 valence electrons. The van der Waals surface area contributed by atoms with Gasteiger partial charge in [-0.15, -0.1) is 0 Å². The Morgan fingerprint density at radius 1 is 1.00 bits per heavy atom. The fraction of sp³-hybridized carbons (Fsp3) is 1.00. The Kier molecular flexibility index (Phi) is 3.83. The summed E-state index contributed by atoms with van der Waals surface area (Å²) >= 11 is 0. The predicted molar refractivity (Wildman–Crippen MR) is 56.9 cm³/mol. The molecule has 0 aliphatic heterocycles. The number of rotatable bonds is 3. The van der Waals surface area contributed by atoms with E-state index in [0.717, 1.165) is 7.48 Å². The minimum Gasteiger partial charge on any atom is -0.435 e. The van der Waals surface area contributed by atoms with Crippen molar-refractivity contribution in [3.63, 3.8) is 0 Å². The van der Waals surface area contributed by atoms with Crippen LogP contribution < -0.4 is 0 Å². The lowest BCUT2D eigenvalue weighted by molar-refractivity contribution is 0.127. The minimum absolute atomic E-state index is 0.00778. The van der Waals surface area contributed by atoms with Crippen LogP contribution in [-0.4, -0.2) is 13.1 Å². The molecule has 0 aromatic carbocycles. The van der Waals surface area contributed by atoms with Gasteiger partial charge in [-0.2, -0.15) is 0 Å². The van der Waals surface area contributed by atoms with Crippen LogP contribution in [0.3, 0.4) is 0 Å². The lowest BCUT2D eigenvalue weighted by atomic mass is 9.59. The number of hydrogen-bond donors (Lipinski definition) is 0. The molecule has 0 spiro atoms. The van der Waals surface area contributed by atoms with Gasteiger partial charge >= 0.3 is 0 Å². The molecule has 0 N–H and O–H groups in total. The highest BCUT2D eigenvalue weighted by Crippen LogP contribution is 2.33. The molecule has 0 aliphatic carbocycles. The van der Waals surface area contributed by atoms with E-state index >= 15 is 0 Å². The topological polar surface area (TPSA) is 9.23 Å². The van der Waals surface area contributed by atoms with Gasteiger partial charge in [0.05, 0.1) is 0 Å². The van der Waals surface area contributed by atoms with Crippen LogP contribution in [0.5, 0.6) is 0 Å². The predicted octanol–water partition coefficient (Wildman–Crippen LogP) is 3.01. The second-order valence-corrected chi connectivity index (χ2v) is 5.54. The van der Waals surface area contributed by atoms with Crippen LogP contribution in [0.1, 0.15) is 48.5 Å². The molecule has 12 heavy (non-hydrogen) atoms. The SMILES string of the molecule is CC(C)C(C)(C)BOC(C)(C)C. The Morgan fingerprint density at radius 3 is 1.67 bits per heavy atom. The van der Waals surface area contributed by atoms with E-state index in [1.165, 1.54) is 0 Å². The van der Waals surface area contributed by atoms with Crippen LogP contribution in [0.25, 0.3) is 0 Å². The Bertz CT molecular complexity index is 133. The molecule has 0 saturated heterocycles. The van der Waals surface area contributed by atoms with Gasteiger partial charge in [0.25, 0.3) is 7.48 Å². The van der Waals surface area contributed by atoms with Crippen molar-refractivity contribution in [2.24, 2.45) is 5.92 Å². The van der Waals surface area contributed by atoms with E-state index in [0.29, 0.717) is 5.92 Å². The maximum Gasteiger partial charge on any atom is 0.281 e. The number of hydrogen-bond acceptors (Lipinski definition) is 1. The van der Waals surface area contributed by atoms with Gasteiger partial charge < -0.3 is 4.65 Å². The molecule has 0 aromatic rings. The summed E-state index contributed by atoms with van der Waals surface area (Å²) in [5.74, 6) is 0.667. The molecule has 0 amide bonds. The van der Waals surface area contributed by atoms with E-state index in [9.17, 15) is 0 Å². The highest BCUT2D eigenvalue weighted by molar-refractivity contribution is 6.32. The average Bonchev–Trinajstić information content (AvgIpc) is 1.82. The normalized spacial score (nSPS) is 13.7. The van der Waals surface area contributed by atoms with Crippen molar-refractivity contribution in [3.05, 3.63) is 0 Å². The van der Waals surface area contributed by atoms with Gasteiger partial charge in [-0.3, -0.25) is 0 Å². The van der Waals surface area contributed by atoms with Gasteiger partial charge in [-0.05, 0) is 32.0 Å². The van der Waals surface area contributed by atoms with Crippen molar-refractivity contribution in [1.29, 1.82) is 0 Å². The zero-order chi connectivity index (χ0) is 9.99. The average molecular weight is 170 g/mol. The first kappa shape index (κ1) is 12.0. The largest absolute Gasteiger partial charge is 0.435 e. The second kappa shape index (κ2) is 3.82. The quantitative estimate of drug-likeness (QED) is 0.591. The zero-order valence-electron chi connectivity index (χ0n) is 9.69. The molecular weight excluding hydrogens is 147 g/mol. The van der Waals surface area contributed by atoms with Crippen molar-refractivity contribution >= 4 is 7.48 Å². The first-order valence-electron chi connectivity index (χ1n) is 4.79. The van der Waals surface area contributed by atoms with Crippen molar-refractivity contribution in [2.75, 3.05) is 0 Å². The van der Waals surface area contributed by atoms with E-state index in [1.807, 2.05) is 0 Å². The standard InChI is InChI=1S/C10H23BO/c1-8(2)10(6,7)11-12-9(3,4)5/h8,11H,1-7H3. The third kappa shape index (κ3) is 4.81. The van der Waals surface area contributed by atoms with Crippen LogP contribution in [-0.2, 0) is 4.65 Å². The molecule has 0 unspecified atom stereocenters. The van der Waals surface area contributed by atoms with E-state index in [2.05, 4.69) is 48.5 Å². The molecule has 0 bridgehead atoms. The van der Waals surface area contributed by atoms with Gasteiger partial charge in [0.2, 0.25) is 0 Å². The van der Waals surface area contributed by atoms with Crippen molar-refractivity contribution in [1.82, 2.24) is 0 Å². The highest BCUT2D eigenvalue weighted by Gasteiger charge is 2.27.